The number of hydrogen-bond donors (Lipinski definition) is 1. The maximum atomic E-state index is 11.9. The first-order valence-corrected chi connectivity index (χ1v) is 8.90. The predicted octanol–water partition coefficient (Wildman–Crippen LogP) is 2.59. The summed E-state index contributed by atoms with van der Waals surface area (Å²) in [7, 11) is -3.01. The Kier molecular flexibility index (Phi) is 5.94. The number of halogens is 1. The van der Waals surface area contributed by atoms with E-state index in [4.69, 9.17) is 11.6 Å². The fourth-order valence-corrected chi connectivity index (χ4v) is 3.59. The Morgan fingerprint density at radius 2 is 1.83 bits per heavy atom. The summed E-state index contributed by atoms with van der Waals surface area (Å²) in [6.45, 7) is 6.61. The van der Waals surface area contributed by atoms with E-state index in [1.807, 2.05) is 0 Å². The first-order valence-electron chi connectivity index (χ1n) is 6.81. The van der Waals surface area contributed by atoms with E-state index in [1.54, 1.807) is 20.8 Å². The maximum Gasteiger partial charge on any atom is 0.156 e. The van der Waals surface area contributed by atoms with Gasteiger partial charge in [-0.2, -0.15) is 0 Å². The van der Waals surface area contributed by atoms with Crippen LogP contribution < -0.4 is 5.32 Å². The van der Waals surface area contributed by atoms with Crippen molar-refractivity contribution in [2.24, 2.45) is 5.92 Å². The van der Waals surface area contributed by atoms with Gasteiger partial charge in [0.15, 0.2) is 9.84 Å². The molecule has 0 radical (unpaired) electrons. The molecule has 108 valence electrons. The third kappa shape index (κ3) is 4.71. The van der Waals surface area contributed by atoms with Crippen molar-refractivity contribution in [3.63, 3.8) is 0 Å². The van der Waals surface area contributed by atoms with Crippen molar-refractivity contribution in [3.8, 4) is 0 Å². The Labute approximate surface area is 117 Å². The van der Waals surface area contributed by atoms with Crippen molar-refractivity contribution >= 4 is 21.4 Å². The highest BCUT2D eigenvalue weighted by molar-refractivity contribution is 7.92. The number of nitrogens with one attached hydrogen (secondary N) is 1. The second kappa shape index (κ2) is 6.58. The SMILES string of the molecule is CC(C)(C)S(=O)(=O)CCNCC1CCCCC1Cl. The van der Waals surface area contributed by atoms with Gasteiger partial charge >= 0.3 is 0 Å². The summed E-state index contributed by atoms with van der Waals surface area (Å²) in [5, 5.41) is 3.51. The van der Waals surface area contributed by atoms with Crippen LogP contribution in [0.25, 0.3) is 0 Å². The van der Waals surface area contributed by atoms with E-state index >= 15 is 0 Å². The Hall–Kier alpha value is 0.200. The van der Waals surface area contributed by atoms with Gasteiger partial charge in [-0.3, -0.25) is 0 Å². The van der Waals surface area contributed by atoms with Crippen molar-refractivity contribution in [1.82, 2.24) is 5.32 Å². The number of rotatable bonds is 5. The van der Waals surface area contributed by atoms with Gasteiger partial charge < -0.3 is 5.32 Å². The Balaban J connectivity index is 2.27. The van der Waals surface area contributed by atoms with Crippen LogP contribution in [-0.4, -0.2) is 37.4 Å². The molecule has 0 aromatic rings. The van der Waals surface area contributed by atoms with Gasteiger partial charge in [-0.25, -0.2) is 8.42 Å². The molecule has 1 aliphatic carbocycles. The molecule has 5 heteroatoms. The zero-order valence-corrected chi connectivity index (χ0v) is 13.3. The first kappa shape index (κ1) is 16.3. The van der Waals surface area contributed by atoms with Gasteiger partial charge in [0.25, 0.3) is 0 Å². The number of alkyl halides is 1. The van der Waals surface area contributed by atoms with E-state index in [9.17, 15) is 8.42 Å². The van der Waals surface area contributed by atoms with Gasteiger partial charge in [0.1, 0.15) is 0 Å². The minimum Gasteiger partial charge on any atom is -0.315 e. The summed E-state index contributed by atoms with van der Waals surface area (Å²) in [5.41, 5.74) is 0. The second-order valence-corrected chi connectivity index (χ2v) is 9.62. The minimum absolute atomic E-state index is 0.205. The van der Waals surface area contributed by atoms with Crippen LogP contribution in [0.4, 0.5) is 0 Å². The molecular weight excluding hydrogens is 270 g/mol. The molecule has 2 unspecified atom stereocenters. The lowest BCUT2D eigenvalue weighted by Crippen LogP contribution is -2.37. The van der Waals surface area contributed by atoms with Crippen LogP contribution in [0.5, 0.6) is 0 Å². The second-order valence-electron chi connectivity index (χ2n) is 6.20. The fourth-order valence-electron chi connectivity index (χ4n) is 2.19. The van der Waals surface area contributed by atoms with Crippen LogP contribution in [-0.2, 0) is 9.84 Å². The highest BCUT2D eigenvalue weighted by Crippen LogP contribution is 2.27. The zero-order valence-electron chi connectivity index (χ0n) is 11.7. The molecule has 18 heavy (non-hydrogen) atoms. The molecule has 2 atom stereocenters. The lowest BCUT2D eigenvalue weighted by molar-refractivity contribution is 0.351. The lowest BCUT2D eigenvalue weighted by atomic mass is 9.89. The normalized spacial score (nSPS) is 26.2. The van der Waals surface area contributed by atoms with E-state index in [2.05, 4.69) is 5.32 Å². The third-order valence-electron chi connectivity index (χ3n) is 3.70. The van der Waals surface area contributed by atoms with E-state index in [-0.39, 0.29) is 11.1 Å². The van der Waals surface area contributed by atoms with Crippen LogP contribution in [0.2, 0.25) is 0 Å². The van der Waals surface area contributed by atoms with Crippen molar-refractivity contribution in [1.29, 1.82) is 0 Å². The van der Waals surface area contributed by atoms with Gasteiger partial charge in [-0.05, 0) is 46.1 Å². The van der Waals surface area contributed by atoms with Crippen LogP contribution in [0.15, 0.2) is 0 Å². The smallest absolute Gasteiger partial charge is 0.156 e. The van der Waals surface area contributed by atoms with E-state index < -0.39 is 14.6 Å². The molecule has 0 bridgehead atoms. The highest BCUT2D eigenvalue weighted by atomic mass is 35.5. The van der Waals surface area contributed by atoms with E-state index in [1.165, 1.54) is 12.8 Å². The van der Waals surface area contributed by atoms with E-state index in [0.717, 1.165) is 19.4 Å². The molecule has 3 nitrogen and oxygen atoms in total. The molecule has 1 rings (SSSR count). The van der Waals surface area contributed by atoms with Crippen molar-refractivity contribution in [2.75, 3.05) is 18.8 Å². The number of sulfone groups is 1. The quantitative estimate of drug-likeness (QED) is 0.626. The Morgan fingerprint density at radius 3 is 2.39 bits per heavy atom. The van der Waals surface area contributed by atoms with Crippen molar-refractivity contribution < 1.29 is 8.42 Å². The van der Waals surface area contributed by atoms with Crippen LogP contribution in [0.1, 0.15) is 46.5 Å². The summed E-state index contributed by atoms with van der Waals surface area (Å²) in [5.74, 6) is 0.702. The molecule has 1 N–H and O–H groups in total. The average Bonchev–Trinajstić information content (AvgIpc) is 2.25. The van der Waals surface area contributed by atoms with Gasteiger partial charge in [0.05, 0.1) is 10.5 Å². The monoisotopic (exact) mass is 295 g/mol. The number of hydrogen-bond acceptors (Lipinski definition) is 3. The third-order valence-corrected chi connectivity index (χ3v) is 6.89. The topological polar surface area (TPSA) is 46.2 Å². The van der Waals surface area contributed by atoms with E-state index in [0.29, 0.717) is 12.5 Å². The largest absolute Gasteiger partial charge is 0.315 e. The summed E-state index contributed by atoms with van der Waals surface area (Å²) < 4.78 is 23.1. The molecule has 0 spiro atoms. The summed E-state index contributed by atoms with van der Waals surface area (Å²) >= 11 is 6.27. The summed E-state index contributed by atoms with van der Waals surface area (Å²) in [4.78, 5) is 0. The minimum atomic E-state index is -3.01. The van der Waals surface area contributed by atoms with Crippen LogP contribution in [0, 0.1) is 5.92 Å². The van der Waals surface area contributed by atoms with Crippen LogP contribution >= 0.6 is 11.6 Å². The maximum absolute atomic E-state index is 11.9. The molecule has 1 fully saturated rings. The zero-order chi connectivity index (χ0) is 13.8. The van der Waals surface area contributed by atoms with Gasteiger partial charge in [-0.1, -0.05) is 12.8 Å². The molecule has 1 saturated carbocycles. The molecule has 1 aliphatic rings. The van der Waals surface area contributed by atoms with Crippen LogP contribution in [0.3, 0.4) is 0 Å². The average molecular weight is 296 g/mol. The van der Waals surface area contributed by atoms with Crippen molar-refractivity contribution in [3.05, 3.63) is 0 Å². The fraction of sp³-hybridized carbons (Fsp3) is 1.00. The standard InChI is InChI=1S/C13H26ClNO2S/c1-13(2,3)18(16,17)9-8-15-10-11-6-4-5-7-12(11)14/h11-12,15H,4-10H2,1-3H3. The van der Waals surface area contributed by atoms with Gasteiger partial charge in [0, 0.05) is 11.9 Å². The molecule has 0 heterocycles. The molecule has 0 saturated heterocycles. The molecular formula is C13H26ClNO2S. The lowest BCUT2D eigenvalue weighted by Gasteiger charge is -2.27. The highest BCUT2D eigenvalue weighted by Gasteiger charge is 2.28. The predicted molar refractivity (Wildman–Crippen MR) is 78.0 cm³/mol. The van der Waals surface area contributed by atoms with Crippen molar-refractivity contribution in [2.45, 2.75) is 56.6 Å². The Bertz CT molecular complexity index is 348. The molecule has 0 aromatic carbocycles. The Morgan fingerprint density at radius 1 is 1.22 bits per heavy atom. The molecule has 0 aliphatic heterocycles. The summed E-state index contributed by atoms with van der Waals surface area (Å²) in [6, 6.07) is 0. The molecule has 0 amide bonds. The molecule has 0 aromatic heterocycles. The first-order chi connectivity index (χ1) is 8.24. The van der Waals surface area contributed by atoms with Gasteiger partial charge in [0.2, 0.25) is 0 Å². The van der Waals surface area contributed by atoms with Gasteiger partial charge in [-0.15, -0.1) is 11.6 Å². The summed E-state index contributed by atoms with van der Waals surface area (Å²) in [6.07, 6.45) is 4.72.